The van der Waals surface area contributed by atoms with Crippen molar-refractivity contribution in [2.45, 2.75) is 26.1 Å². The van der Waals surface area contributed by atoms with Crippen LogP contribution in [0.2, 0.25) is 19.6 Å². The normalized spacial score (nSPS) is 13.2. The Morgan fingerprint density at radius 3 is 1.93 bits per heavy atom. The second-order valence-corrected chi connectivity index (χ2v) is 17.7. The average molecular weight is 287 g/mol. The Morgan fingerprint density at radius 2 is 1.64 bits per heavy atom. The fraction of sp³-hybridized carbons (Fsp3) is 0.600. The van der Waals surface area contributed by atoms with Crippen molar-refractivity contribution < 1.29 is 18.4 Å². The van der Waals surface area contributed by atoms with Gasteiger partial charge in [-0.1, -0.05) is 0 Å². The van der Waals surface area contributed by atoms with Gasteiger partial charge in [0.2, 0.25) is 0 Å². The van der Waals surface area contributed by atoms with E-state index in [0.717, 1.165) is 0 Å². The van der Waals surface area contributed by atoms with E-state index >= 15 is 0 Å². The summed E-state index contributed by atoms with van der Waals surface area (Å²) in [6, 6.07) is 0. The Kier molecular flexibility index (Phi) is 13.0. The summed E-state index contributed by atoms with van der Waals surface area (Å²) >= 11 is 9.56. The number of rotatable bonds is 2. The summed E-state index contributed by atoms with van der Waals surface area (Å²) in [5.74, 6) is -0.706. The molecule has 1 rings (SSSR count). The molecule has 0 spiro atoms. The first-order chi connectivity index (χ1) is 6.58. The van der Waals surface area contributed by atoms with E-state index in [0.29, 0.717) is 0 Å². The summed E-state index contributed by atoms with van der Waals surface area (Å²) in [7, 11) is 0. The maximum absolute atomic E-state index is 4.64. The third kappa shape index (κ3) is 11.1. The van der Waals surface area contributed by atoms with Gasteiger partial charge >= 0.3 is 72.5 Å². The molecule has 0 N–H and O–H groups in total. The second-order valence-electron chi connectivity index (χ2n) is 3.70. The minimum atomic E-state index is -0.706. The summed E-state index contributed by atoms with van der Waals surface area (Å²) < 4.78 is 1.76. The van der Waals surface area contributed by atoms with Crippen LogP contribution in [-0.4, -0.2) is 18.7 Å². The molecule has 0 aromatic rings. The van der Waals surface area contributed by atoms with Crippen LogP contribution in [0.3, 0.4) is 0 Å². The predicted octanol–water partition coefficient (Wildman–Crippen LogP) is 4.46. The van der Waals surface area contributed by atoms with Crippen LogP contribution in [-0.2, 0) is 18.4 Å². The molecule has 0 radical (unpaired) electrons. The number of hydrogen-bond acceptors (Lipinski definition) is 0. The first-order valence-corrected chi connectivity index (χ1v) is 12.6. The van der Waals surface area contributed by atoms with E-state index in [2.05, 4.69) is 61.1 Å². The molecule has 0 aromatic carbocycles. The number of alkyl halides is 2. The van der Waals surface area contributed by atoms with Crippen LogP contribution in [0.25, 0.3) is 0 Å². The van der Waals surface area contributed by atoms with Crippen molar-refractivity contribution >= 4 is 29.1 Å². The van der Waals surface area contributed by atoms with E-state index in [9.17, 15) is 0 Å². The molecule has 1 aliphatic rings. The van der Waals surface area contributed by atoms with Crippen LogP contribution in [0.1, 0.15) is 6.42 Å². The molecule has 82 valence electrons. The molecule has 0 fully saturated rings. The zero-order valence-corrected chi connectivity index (χ0v) is 13.8. The molecule has 0 saturated heterocycles. The van der Waals surface area contributed by atoms with E-state index in [1.165, 1.54) is 19.2 Å². The SMILES string of the molecule is CCl.CCl.C[Si](C)(C)[Ti][C]1=CC=CC1. The molecule has 4 heteroatoms. The van der Waals surface area contributed by atoms with Gasteiger partial charge in [-0.25, -0.2) is 0 Å². The van der Waals surface area contributed by atoms with Crippen LogP contribution in [0, 0.1) is 0 Å². The molecule has 0 amide bonds. The van der Waals surface area contributed by atoms with Gasteiger partial charge in [0.05, 0.1) is 0 Å². The molecule has 0 bridgehead atoms. The summed E-state index contributed by atoms with van der Waals surface area (Å²) in [6.45, 7) is 7.44. The number of allylic oxidation sites excluding steroid dienone is 4. The van der Waals surface area contributed by atoms with E-state index in [1.807, 2.05) is 0 Å². The van der Waals surface area contributed by atoms with Crippen LogP contribution in [0.15, 0.2) is 22.1 Å². The summed E-state index contributed by atoms with van der Waals surface area (Å²) in [5, 5.41) is 0. The monoisotopic (exact) mass is 286 g/mol. The third-order valence-electron chi connectivity index (χ3n) is 1.31. The van der Waals surface area contributed by atoms with Gasteiger partial charge in [-0.15, -0.1) is 23.2 Å². The first-order valence-electron chi connectivity index (χ1n) is 4.47. The van der Waals surface area contributed by atoms with Gasteiger partial charge in [0.15, 0.2) is 0 Å². The van der Waals surface area contributed by atoms with E-state index in [-0.39, 0.29) is 18.4 Å². The van der Waals surface area contributed by atoms with E-state index in [1.54, 1.807) is 3.88 Å². The molecule has 0 atom stereocenters. The van der Waals surface area contributed by atoms with Gasteiger partial charge in [-0.05, 0) is 0 Å². The molecule has 0 aliphatic heterocycles. The quantitative estimate of drug-likeness (QED) is 0.519. The Hall–Kier alpha value is 0.991. The van der Waals surface area contributed by atoms with Crippen molar-refractivity contribution in [3.63, 3.8) is 0 Å². The van der Waals surface area contributed by atoms with Gasteiger partial charge < -0.3 is 0 Å². The molecular weight excluding hydrogens is 267 g/mol. The van der Waals surface area contributed by atoms with Gasteiger partial charge in [-0.2, -0.15) is 0 Å². The van der Waals surface area contributed by atoms with Crippen molar-refractivity contribution in [3.05, 3.63) is 22.1 Å². The van der Waals surface area contributed by atoms with E-state index in [4.69, 9.17) is 0 Å². The molecule has 1 aliphatic carbocycles. The van der Waals surface area contributed by atoms with Crippen LogP contribution < -0.4 is 0 Å². The second kappa shape index (κ2) is 10.5. The van der Waals surface area contributed by atoms with Crippen molar-refractivity contribution in [1.82, 2.24) is 0 Å². The van der Waals surface area contributed by atoms with Gasteiger partial charge in [0.1, 0.15) is 0 Å². The number of hydrogen-bond donors (Lipinski definition) is 0. The topological polar surface area (TPSA) is 0 Å². The Labute approximate surface area is 108 Å². The molecule has 0 unspecified atom stereocenters. The zero-order valence-electron chi connectivity index (χ0n) is 9.70. The predicted molar refractivity (Wildman–Crippen MR) is 68.7 cm³/mol. The maximum atomic E-state index is 4.64. The zero-order chi connectivity index (χ0) is 11.6. The van der Waals surface area contributed by atoms with Crippen molar-refractivity contribution in [1.29, 1.82) is 0 Å². The summed E-state index contributed by atoms with van der Waals surface area (Å²) in [5.41, 5.74) is 0. The first kappa shape index (κ1) is 17.4. The van der Waals surface area contributed by atoms with Crippen molar-refractivity contribution in [3.8, 4) is 0 Å². The Bertz CT molecular complexity index is 183. The van der Waals surface area contributed by atoms with E-state index < -0.39 is 5.94 Å². The minimum absolute atomic E-state index is 0.285. The van der Waals surface area contributed by atoms with Crippen LogP contribution >= 0.6 is 23.2 Å². The van der Waals surface area contributed by atoms with Crippen LogP contribution in [0.4, 0.5) is 0 Å². The van der Waals surface area contributed by atoms with Gasteiger partial charge in [0, 0.05) is 12.8 Å². The molecule has 0 aromatic heterocycles. The Morgan fingerprint density at radius 1 is 1.14 bits per heavy atom. The van der Waals surface area contributed by atoms with Gasteiger partial charge in [-0.3, -0.25) is 0 Å². The summed E-state index contributed by atoms with van der Waals surface area (Å²) in [6.07, 6.45) is 11.0. The molecule has 0 nitrogen and oxygen atoms in total. The fourth-order valence-electron chi connectivity index (χ4n) is 1.02. The standard InChI is InChI=1S/C5H5.C3H9Si.2CH3Cl.Ti/c1-2-4-5-3-1;1-4(2)3;2*1-2;/h1-3H,4H2;1-3H3;2*1H3;. The fourth-order valence-corrected chi connectivity index (χ4v) is 7.89. The van der Waals surface area contributed by atoms with Gasteiger partial charge in [0.25, 0.3) is 0 Å². The Balaban J connectivity index is 0. The summed E-state index contributed by atoms with van der Waals surface area (Å²) in [4.78, 5) is 0. The van der Waals surface area contributed by atoms with Crippen molar-refractivity contribution in [2.75, 3.05) is 12.8 Å². The molecule has 14 heavy (non-hydrogen) atoms. The van der Waals surface area contributed by atoms with Crippen molar-refractivity contribution in [2.24, 2.45) is 0 Å². The number of halogens is 2. The third-order valence-corrected chi connectivity index (χ3v) is 7.97. The average Bonchev–Trinajstić information content (AvgIpc) is 2.61. The van der Waals surface area contributed by atoms with Crippen LogP contribution in [0.5, 0.6) is 0 Å². The molecular formula is C10H20Cl2SiTi. The molecule has 0 saturated carbocycles. The molecule has 0 heterocycles.